The van der Waals surface area contributed by atoms with E-state index in [0.717, 1.165) is 16.7 Å². The molecule has 0 fully saturated rings. The fourth-order valence-corrected chi connectivity index (χ4v) is 2.31. The van der Waals surface area contributed by atoms with E-state index >= 15 is 0 Å². The maximum absolute atomic E-state index is 10.2. The van der Waals surface area contributed by atoms with Crippen LogP contribution in [0, 0.1) is 0 Å². The molecule has 0 aliphatic rings. The molecular weight excluding hydrogens is 440 g/mol. The van der Waals surface area contributed by atoms with Crippen molar-refractivity contribution in [3.63, 3.8) is 0 Å². The first-order valence-electron chi connectivity index (χ1n) is 9.14. The number of aliphatic carboxylic acids is 3. The van der Waals surface area contributed by atoms with Gasteiger partial charge >= 0.3 is 17.9 Å². The molecule has 0 saturated heterocycles. The first-order valence-corrected chi connectivity index (χ1v) is 9.14. The standard InChI is InChI=1S/3C8H8O2.Fe/c3*9-8(10)6-7-4-2-1-3-5-7;/h3*1-5H,6H2,(H,9,10);. The molecule has 0 spiro atoms. The number of hydrogen-bond donors (Lipinski definition) is 3. The molecule has 164 valence electrons. The van der Waals surface area contributed by atoms with Gasteiger partial charge in [0.15, 0.2) is 0 Å². The third kappa shape index (κ3) is 15.1. The van der Waals surface area contributed by atoms with Crippen LogP contribution in [0.25, 0.3) is 0 Å². The van der Waals surface area contributed by atoms with Gasteiger partial charge in [-0.1, -0.05) is 91.0 Å². The van der Waals surface area contributed by atoms with E-state index in [4.69, 9.17) is 15.3 Å². The number of benzene rings is 3. The molecule has 0 radical (unpaired) electrons. The minimum absolute atomic E-state index is 0. The monoisotopic (exact) mass is 464 g/mol. The quantitative estimate of drug-likeness (QED) is 0.477. The maximum Gasteiger partial charge on any atom is 0.307 e. The van der Waals surface area contributed by atoms with Crippen molar-refractivity contribution in [3.05, 3.63) is 108 Å². The van der Waals surface area contributed by atoms with Crippen molar-refractivity contribution in [2.75, 3.05) is 0 Å². The summed E-state index contributed by atoms with van der Waals surface area (Å²) >= 11 is 0. The number of carboxylic acids is 3. The van der Waals surface area contributed by atoms with Crippen molar-refractivity contribution in [2.24, 2.45) is 0 Å². The third-order valence-corrected chi connectivity index (χ3v) is 3.59. The first-order chi connectivity index (χ1) is 14.4. The molecule has 3 rings (SSSR count). The van der Waals surface area contributed by atoms with E-state index < -0.39 is 17.9 Å². The summed E-state index contributed by atoms with van der Waals surface area (Å²) in [6.45, 7) is 0. The van der Waals surface area contributed by atoms with Gasteiger partial charge in [-0.25, -0.2) is 0 Å². The van der Waals surface area contributed by atoms with Crippen LogP contribution >= 0.6 is 0 Å². The number of hydrogen-bond acceptors (Lipinski definition) is 3. The second-order valence-electron chi connectivity index (χ2n) is 6.17. The van der Waals surface area contributed by atoms with Gasteiger partial charge in [0.1, 0.15) is 0 Å². The maximum atomic E-state index is 10.2. The second kappa shape index (κ2) is 16.4. The normalized spacial score (nSPS) is 8.90. The third-order valence-electron chi connectivity index (χ3n) is 3.59. The molecule has 0 saturated carbocycles. The van der Waals surface area contributed by atoms with Crippen molar-refractivity contribution in [1.82, 2.24) is 0 Å². The molecule has 3 N–H and O–H groups in total. The van der Waals surface area contributed by atoms with Crippen LogP contribution in [0.4, 0.5) is 0 Å². The van der Waals surface area contributed by atoms with Gasteiger partial charge in [-0.3, -0.25) is 14.4 Å². The average molecular weight is 464 g/mol. The predicted octanol–water partition coefficient (Wildman–Crippen LogP) is 3.94. The topological polar surface area (TPSA) is 112 Å². The molecule has 0 aromatic heterocycles. The molecule has 0 bridgehead atoms. The Bertz CT molecular complexity index is 777. The van der Waals surface area contributed by atoms with E-state index in [1.165, 1.54) is 0 Å². The molecule has 0 aliphatic heterocycles. The van der Waals surface area contributed by atoms with Gasteiger partial charge in [0.05, 0.1) is 19.3 Å². The molecule has 0 heterocycles. The smallest absolute Gasteiger partial charge is 0.307 e. The van der Waals surface area contributed by atoms with Gasteiger partial charge in [-0.15, -0.1) is 0 Å². The summed E-state index contributed by atoms with van der Waals surface area (Å²) in [7, 11) is 0. The van der Waals surface area contributed by atoms with Crippen LogP contribution in [0.2, 0.25) is 0 Å². The van der Waals surface area contributed by atoms with Gasteiger partial charge in [0, 0.05) is 17.1 Å². The Kier molecular flexibility index (Phi) is 14.6. The van der Waals surface area contributed by atoms with Crippen LogP contribution in [0.5, 0.6) is 0 Å². The Morgan fingerprint density at radius 3 is 0.806 bits per heavy atom. The van der Waals surface area contributed by atoms with E-state index in [9.17, 15) is 14.4 Å². The van der Waals surface area contributed by atoms with E-state index in [0.29, 0.717) is 0 Å². The summed E-state index contributed by atoms with van der Waals surface area (Å²) < 4.78 is 0. The van der Waals surface area contributed by atoms with E-state index in [2.05, 4.69) is 0 Å². The fourth-order valence-electron chi connectivity index (χ4n) is 2.31. The molecule has 31 heavy (non-hydrogen) atoms. The van der Waals surface area contributed by atoms with Crippen LogP contribution in [0.3, 0.4) is 0 Å². The van der Waals surface area contributed by atoms with Gasteiger partial charge in [-0.05, 0) is 16.7 Å². The van der Waals surface area contributed by atoms with E-state index in [1.54, 1.807) is 36.4 Å². The van der Waals surface area contributed by atoms with Crippen LogP contribution in [-0.2, 0) is 50.7 Å². The number of carbonyl (C=O) groups is 3. The molecule has 3 aromatic rings. The summed E-state index contributed by atoms with van der Waals surface area (Å²) in [5, 5.41) is 25.1. The number of rotatable bonds is 6. The molecule has 7 heteroatoms. The second-order valence-corrected chi connectivity index (χ2v) is 6.17. The predicted molar refractivity (Wildman–Crippen MR) is 113 cm³/mol. The van der Waals surface area contributed by atoms with Crippen molar-refractivity contribution in [3.8, 4) is 0 Å². The molecule has 3 aromatic carbocycles. The van der Waals surface area contributed by atoms with E-state index in [1.807, 2.05) is 54.6 Å². The van der Waals surface area contributed by atoms with Crippen molar-refractivity contribution in [1.29, 1.82) is 0 Å². The van der Waals surface area contributed by atoms with Gasteiger partial charge < -0.3 is 15.3 Å². The Hall–Kier alpha value is -3.41. The zero-order chi connectivity index (χ0) is 22.2. The zero-order valence-corrected chi connectivity index (χ0v) is 17.8. The van der Waals surface area contributed by atoms with Gasteiger partial charge in [0.25, 0.3) is 0 Å². The summed E-state index contributed by atoms with van der Waals surface area (Å²) in [6.07, 6.45) is 0.336. The molecule has 0 atom stereocenters. The molecule has 0 aliphatic carbocycles. The SMILES string of the molecule is O=C(O)Cc1ccccc1.O=C(O)Cc1ccccc1.O=C(O)Cc1ccccc1.[Fe]. The Morgan fingerprint density at radius 2 is 0.645 bits per heavy atom. The number of carboxylic acid groups (broad SMARTS) is 3. The Labute approximate surface area is 191 Å². The van der Waals surface area contributed by atoms with Crippen molar-refractivity contribution in [2.45, 2.75) is 19.3 Å². The van der Waals surface area contributed by atoms with Crippen molar-refractivity contribution >= 4 is 17.9 Å². The van der Waals surface area contributed by atoms with Crippen molar-refractivity contribution < 1.29 is 46.8 Å². The van der Waals surface area contributed by atoms with Crippen LogP contribution in [0.15, 0.2) is 91.0 Å². The minimum atomic E-state index is -0.786. The van der Waals surface area contributed by atoms with Crippen LogP contribution < -0.4 is 0 Å². The first kappa shape index (κ1) is 27.6. The average Bonchev–Trinajstić information content (AvgIpc) is 2.70. The van der Waals surface area contributed by atoms with Crippen LogP contribution in [-0.4, -0.2) is 33.2 Å². The van der Waals surface area contributed by atoms with Gasteiger partial charge in [0.2, 0.25) is 0 Å². The molecular formula is C24H24FeO6. The molecule has 0 amide bonds. The minimum Gasteiger partial charge on any atom is -0.481 e. The van der Waals surface area contributed by atoms with Crippen LogP contribution in [0.1, 0.15) is 16.7 Å². The fraction of sp³-hybridized carbons (Fsp3) is 0.125. The van der Waals surface area contributed by atoms with E-state index in [-0.39, 0.29) is 36.3 Å². The summed E-state index contributed by atoms with van der Waals surface area (Å²) in [5.41, 5.74) is 2.53. The Morgan fingerprint density at radius 1 is 0.452 bits per heavy atom. The Balaban J connectivity index is 0.000000429. The summed E-state index contributed by atoms with van der Waals surface area (Å²) in [6, 6.07) is 27.4. The summed E-state index contributed by atoms with van der Waals surface area (Å²) in [4.78, 5) is 30.5. The summed E-state index contributed by atoms with van der Waals surface area (Å²) in [5.74, 6) is -2.36. The largest absolute Gasteiger partial charge is 0.481 e. The molecule has 6 nitrogen and oxygen atoms in total. The zero-order valence-electron chi connectivity index (χ0n) is 16.7. The van der Waals surface area contributed by atoms with Gasteiger partial charge in [-0.2, -0.15) is 0 Å². The molecule has 0 unspecified atom stereocenters.